The number of aromatic nitrogens is 2. The molecule has 4 nitrogen and oxygen atoms in total. The minimum absolute atomic E-state index is 0.434. The van der Waals surface area contributed by atoms with Gasteiger partial charge in [-0.25, -0.2) is 4.98 Å². The van der Waals surface area contributed by atoms with Crippen molar-refractivity contribution in [3.8, 4) is 23.1 Å². The topological polar surface area (TPSA) is 50.8 Å². The molecule has 2 rings (SSSR count). The fourth-order valence-electron chi connectivity index (χ4n) is 2.40. The third-order valence-electron chi connectivity index (χ3n) is 3.30. The summed E-state index contributed by atoms with van der Waals surface area (Å²) < 4.78 is 7.42. The lowest BCUT2D eigenvalue weighted by molar-refractivity contribution is 0.413. The van der Waals surface area contributed by atoms with Gasteiger partial charge in [-0.15, -0.1) is 0 Å². The van der Waals surface area contributed by atoms with Gasteiger partial charge in [0.2, 0.25) is 0 Å². The number of benzene rings is 1. The Morgan fingerprint density at radius 3 is 2.53 bits per heavy atom. The predicted octanol–water partition coefficient (Wildman–Crippen LogP) is 2.89. The summed E-state index contributed by atoms with van der Waals surface area (Å²) in [5.41, 5.74) is 4.35. The van der Waals surface area contributed by atoms with Gasteiger partial charge in [0.25, 0.3) is 0 Å². The van der Waals surface area contributed by atoms with E-state index >= 15 is 0 Å². The highest BCUT2D eigenvalue weighted by molar-refractivity contribution is 5.74. The Morgan fingerprint density at radius 2 is 1.95 bits per heavy atom. The van der Waals surface area contributed by atoms with Gasteiger partial charge in [0, 0.05) is 12.6 Å². The summed E-state index contributed by atoms with van der Waals surface area (Å²) in [5, 5.41) is 9.25. The van der Waals surface area contributed by atoms with Crippen molar-refractivity contribution in [3.05, 3.63) is 34.8 Å². The summed E-state index contributed by atoms with van der Waals surface area (Å²) in [6.07, 6.45) is 0. The van der Waals surface area contributed by atoms with E-state index in [1.54, 1.807) is 7.11 Å². The monoisotopic (exact) mass is 255 g/mol. The lowest BCUT2D eigenvalue weighted by atomic mass is 10.0. The smallest absolute Gasteiger partial charge is 0.166 e. The van der Waals surface area contributed by atoms with Crippen LogP contribution >= 0.6 is 0 Å². The molecule has 0 aliphatic carbocycles. The molecule has 0 atom stereocenters. The van der Waals surface area contributed by atoms with Crippen molar-refractivity contribution in [2.45, 2.75) is 20.8 Å². The first-order valence-corrected chi connectivity index (χ1v) is 6.08. The van der Waals surface area contributed by atoms with E-state index in [9.17, 15) is 5.26 Å². The van der Waals surface area contributed by atoms with Crippen LogP contribution in [-0.4, -0.2) is 16.7 Å². The Balaban J connectivity index is 2.83. The second-order valence-corrected chi connectivity index (χ2v) is 4.69. The zero-order chi connectivity index (χ0) is 14.2. The molecule has 0 radical (unpaired) electrons. The zero-order valence-corrected chi connectivity index (χ0v) is 11.9. The first-order chi connectivity index (χ1) is 8.99. The SMILES string of the molecule is COc1c(C)cc(C)cc1-c1c(C#N)nc(C)n1C. The molecule has 2 aromatic rings. The van der Waals surface area contributed by atoms with Gasteiger partial charge < -0.3 is 9.30 Å². The summed E-state index contributed by atoms with van der Waals surface area (Å²) in [4.78, 5) is 4.29. The maximum Gasteiger partial charge on any atom is 0.166 e. The Labute approximate surface area is 113 Å². The van der Waals surface area contributed by atoms with Gasteiger partial charge in [-0.05, 0) is 38.0 Å². The van der Waals surface area contributed by atoms with Crippen LogP contribution in [0.4, 0.5) is 0 Å². The van der Waals surface area contributed by atoms with Crippen molar-refractivity contribution >= 4 is 0 Å². The van der Waals surface area contributed by atoms with Gasteiger partial charge >= 0.3 is 0 Å². The molecule has 0 amide bonds. The van der Waals surface area contributed by atoms with Crippen molar-refractivity contribution < 1.29 is 4.74 Å². The number of hydrogen-bond donors (Lipinski definition) is 0. The minimum atomic E-state index is 0.434. The summed E-state index contributed by atoms with van der Waals surface area (Å²) in [6, 6.07) is 6.26. The van der Waals surface area contributed by atoms with Gasteiger partial charge in [-0.3, -0.25) is 0 Å². The average Bonchev–Trinajstić information content (AvgIpc) is 2.64. The Morgan fingerprint density at radius 1 is 1.26 bits per heavy atom. The van der Waals surface area contributed by atoms with Crippen molar-refractivity contribution in [1.29, 1.82) is 5.26 Å². The standard InChI is InChI=1S/C15H17N3O/c1-9-6-10(2)15(19-5)12(7-9)14-13(8-16)17-11(3)18(14)4/h6-7H,1-5H3. The van der Waals surface area contributed by atoms with Gasteiger partial charge in [-0.1, -0.05) is 6.07 Å². The average molecular weight is 255 g/mol. The molecule has 0 fully saturated rings. The first-order valence-electron chi connectivity index (χ1n) is 6.08. The van der Waals surface area contributed by atoms with Crippen LogP contribution in [0.5, 0.6) is 5.75 Å². The number of aryl methyl sites for hydroxylation is 3. The molecule has 1 heterocycles. The van der Waals surface area contributed by atoms with Gasteiger partial charge in [0.1, 0.15) is 17.6 Å². The van der Waals surface area contributed by atoms with Crippen LogP contribution < -0.4 is 4.74 Å². The largest absolute Gasteiger partial charge is 0.496 e. The molecule has 0 N–H and O–H groups in total. The third kappa shape index (κ3) is 2.08. The van der Waals surface area contributed by atoms with E-state index in [1.165, 1.54) is 0 Å². The molecule has 0 unspecified atom stereocenters. The lowest BCUT2D eigenvalue weighted by Crippen LogP contribution is -1.99. The molecule has 0 bridgehead atoms. The molecule has 4 heteroatoms. The summed E-state index contributed by atoms with van der Waals surface area (Å²) >= 11 is 0. The maximum atomic E-state index is 9.25. The molecule has 1 aromatic heterocycles. The van der Waals surface area contributed by atoms with Crippen molar-refractivity contribution in [3.63, 3.8) is 0 Å². The summed E-state index contributed by atoms with van der Waals surface area (Å²) in [7, 11) is 3.56. The van der Waals surface area contributed by atoms with E-state index < -0.39 is 0 Å². The molecular weight excluding hydrogens is 238 g/mol. The van der Waals surface area contributed by atoms with Crippen molar-refractivity contribution in [2.24, 2.45) is 7.05 Å². The number of rotatable bonds is 2. The van der Waals surface area contributed by atoms with E-state index in [0.29, 0.717) is 5.69 Å². The van der Waals surface area contributed by atoms with E-state index in [-0.39, 0.29) is 0 Å². The Bertz CT molecular complexity index is 678. The third-order valence-corrected chi connectivity index (χ3v) is 3.30. The van der Waals surface area contributed by atoms with Gasteiger partial charge in [0.15, 0.2) is 5.69 Å². The lowest BCUT2D eigenvalue weighted by Gasteiger charge is -2.13. The van der Waals surface area contributed by atoms with Crippen LogP contribution in [0.25, 0.3) is 11.3 Å². The molecule has 0 saturated carbocycles. The van der Waals surface area contributed by atoms with E-state index in [1.807, 2.05) is 38.5 Å². The number of nitriles is 1. The highest BCUT2D eigenvalue weighted by Crippen LogP contribution is 2.35. The van der Waals surface area contributed by atoms with Crippen LogP contribution in [0.3, 0.4) is 0 Å². The molecule has 0 saturated heterocycles. The fraction of sp³-hybridized carbons (Fsp3) is 0.333. The normalized spacial score (nSPS) is 10.3. The second-order valence-electron chi connectivity index (χ2n) is 4.69. The second kappa shape index (κ2) is 4.77. The van der Waals surface area contributed by atoms with Crippen LogP contribution in [0, 0.1) is 32.1 Å². The summed E-state index contributed by atoms with van der Waals surface area (Å²) in [6.45, 7) is 5.93. The number of imidazole rings is 1. The molecule has 19 heavy (non-hydrogen) atoms. The van der Waals surface area contributed by atoms with Gasteiger partial charge in [0.05, 0.1) is 12.8 Å². The van der Waals surface area contributed by atoms with Crippen molar-refractivity contribution in [2.75, 3.05) is 7.11 Å². The van der Waals surface area contributed by atoms with Crippen LogP contribution in [0.2, 0.25) is 0 Å². The first kappa shape index (κ1) is 13.2. The molecular formula is C15H17N3O. The molecule has 1 aromatic carbocycles. The van der Waals surface area contributed by atoms with Gasteiger partial charge in [-0.2, -0.15) is 5.26 Å². The number of nitrogens with zero attached hydrogens (tertiary/aromatic N) is 3. The van der Waals surface area contributed by atoms with E-state index in [0.717, 1.165) is 34.0 Å². The quantitative estimate of drug-likeness (QED) is 0.829. The molecule has 98 valence electrons. The Kier molecular flexibility index (Phi) is 3.30. The molecule has 0 aliphatic rings. The van der Waals surface area contributed by atoms with Crippen LogP contribution in [0.15, 0.2) is 12.1 Å². The van der Waals surface area contributed by atoms with E-state index in [4.69, 9.17) is 4.74 Å². The molecule has 0 aliphatic heterocycles. The van der Waals surface area contributed by atoms with Crippen LogP contribution in [0.1, 0.15) is 22.6 Å². The minimum Gasteiger partial charge on any atom is -0.496 e. The fourth-order valence-corrected chi connectivity index (χ4v) is 2.40. The number of methoxy groups -OCH3 is 1. The maximum absolute atomic E-state index is 9.25. The predicted molar refractivity (Wildman–Crippen MR) is 74.1 cm³/mol. The van der Waals surface area contributed by atoms with Crippen LogP contribution in [-0.2, 0) is 7.05 Å². The number of ether oxygens (including phenoxy) is 1. The number of hydrogen-bond acceptors (Lipinski definition) is 3. The van der Waals surface area contributed by atoms with E-state index in [2.05, 4.69) is 17.1 Å². The molecule has 0 spiro atoms. The van der Waals surface area contributed by atoms with Crippen molar-refractivity contribution in [1.82, 2.24) is 9.55 Å². The Hall–Kier alpha value is -2.28. The highest BCUT2D eigenvalue weighted by atomic mass is 16.5. The summed E-state index contributed by atoms with van der Waals surface area (Å²) in [5.74, 6) is 1.61. The zero-order valence-electron chi connectivity index (χ0n) is 11.9. The highest BCUT2D eigenvalue weighted by Gasteiger charge is 2.19.